The number of hydrogen-bond donors (Lipinski definition) is 0. The summed E-state index contributed by atoms with van der Waals surface area (Å²) >= 11 is 0.268. The Labute approximate surface area is 174 Å². The van der Waals surface area contributed by atoms with E-state index < -0.39 is 0 Å². The van der Waals surface area contributed by atoms with Crippen molar-refractivity contribution < 1.29 is 0 Å². The molecule has 0 radical (unpaired) electrons. The van der Waals surface area contributed by atoms with Gasteiger partial charge in [-0.25, -0.2) is 0 Å². The fourth-order valence-electron chi connectivity index (χ4n) is 3.92. The summed E-state index contributed by atoms with van der Waals surface area (Å²) < 4.78 is 2.85. The molecule has 0 fully saturated rings. The molecule has 0 unspecified atom stereocenters. The van der Waals surface area contributed by atoms with Gasteiger partial charge in [0.1, 0.15) is 0 Å². The van der Waals surface area contributed by atoms with Crippen molar-refractivity contribution >= 4 is 44.8 Å². The van der Waals surface area contributed by atoms with Crippen LogP contribution in [0.3, 0.4) is 0 Å². The van der Waals surface area contributed by atoms with Gasteiger partial charge in [-0.15, -0.1) is 0 Å². The third-order valence-corrected chi connectivity index (χ3v) is 7.84. The van der Waals surface area contributed by atoms with Crippen LogP contribution in [0.5, 0.6) is 0 Å². The maximum absolute atomic E-state index is 5.11. The molecule has 2 nitrogen and oxygen atoms in total. The molecule has 2 aromatic heterocycles. The van der Waals surface area contributed by atoms with Gasteiger partial charge in [-0.2, -0.15) is 0 Å². The third kappa shape index (κ3) is 2.71. The van der Waals surface area contributed by atoms with E-state index in [1.54, 1.807) is 0 Å². The first-order valence-corrected chi connectivity index (χ1v) is 11.3. The van der Waals surface area contributed by atoms with Crippen molar-refractivity contribution in [1.82, 2.24) is 9.97 Å². The zero-order chi connectivity index (χ0) is 19.2. The van der Waals surface area contributed by atoms with E-state index >= 15 is 0 Å². The quantitative estimate of drug-likeness (QED) is 0.297. The molecule has 3 heteroatoms. The molecule has 6 aromatic rings. The molecule has 4 aromatic carbocycles. The van der Waals surface area contributed by atoms with Crippen molar-refractivity contribution in [1.29, 1.82) is 0 Å². The van der Waals surface area contributed by atoms with E-state index in [4.69, 9.17) is 9.97 Å². The number of rotatable bonds is 2. The fourth-order valence-corrected chi connectivity index (χ4v) is 6.47. The number of aromatic nitrogens is 2. The Kier molecular flexibility index (Phi) is 3.83. The van der Waals surface area contributed by atoms with Gasteiger partial charge in [-0.05, 0) is 0 Å². The van der Waals surface area contributed by atoms with Crippen LogP contribution in [0.25, 0.3) is 52.8 Å². The summed E-state index contributed by atoms with van der Waals surface area (Å²) in [7, 11) is 0. The molecule has 0 saturated carbocycles. The molecule has 29 heavy (non-hydrogen) atoms. The third-order valence-electron chi connectivity index (χ3n) is 5.28. The predicted octanol–water partition coefficient (Wildman–Crippen LogP) is 6.33. The monoisotopic (exact) mass is 436 g/mol. The van der Waals surface area contributed by atoms with Crippen LogP contribution >= 0.6 is 0 Å². The van der Waals surface area contributed by atoms with E-state index in [-0.39, 0.29) is 14.5 Å². The van der Waals surface area contributed by atoms with E-state index in [1.165, 1.54) is 24.9 Å². The fraction of sp³-hybridized carbons (Fsp3) is 0. The molecule has 136 valence electrons. The van der Waals surface area contributed by atoms with Crippen molar-refractivity contribution in [2.24, 2.45) is 0 Å². The van der Waals surface area contributed by atoms with Crippen molar-refractivity contribution in [2.45, 2.75) is 0 Å². The standard InChI is InChI=1S/C26H16N2Se/c1-2-9-17(10-3-1)24-25(28-22-15-6-5-14-21(22)27-24)20-13-8-12-19-18-11-4-7-16-23(18)29-26(19)20/h1-16H. The van der Waals surface area contributed by atoms with Gasteiger partial charge in [0.05, 0.1) is 0 Å². The molecule has 0 aliphatic heterocycles. The summed E-state index contributed by atoms with van der Waals surface area (Å²) in [4.78, 5) is 10.2. The first-order chi connectivity index (χ1) is 14.4. The van der Waals surface area contributed by atoms with Crippen LogP contribution in [0.15, 0.2) is 97.1 Å². The number of para-hydroxylation sites is 2. The normalized spacial score (nSPS) is 11.4. The summed E-state index contributed by atoms with van der Waals surface area (Å²) in [6.45, 7) is 0. The number of nitrogens with zero attached hydrogens (tertiary/aromatic N) is 2. The molecule has 0 amide bonds. The van der Waals surface area contributed by atoms with Crippen LogP contribution in [0.1, 0.15) is 0 Å². The van der Waals surface area contributed by atoms with Crippen molar-refractivity contribution in [3.8, 4) is 22.5 Å². The average molecular weight is 435 g/mol. The van der Waals surface area contributed by atoms with Gasteiger partial charge in [0.15, 0.2) is 0 Å². The molecule has 2 heterocycles. The molecule has 0 aliphatic rings. The summed E-state index contributed by atoms with van der Waals surface area (Å²) in [5.74, 6) is 0. The Morgan fingerprint density at radius 3 is 2.00 bits per heavy atom. The second-order valence-electron chi connectivity index (χ2n) is 7.06. The predicted molar refractivity (Wildman–Crippen MR) is 122 cm³/mol. The first-order valence-electron chi connectivity index (χ1n) is 9.61. The topological polar surface area (TPSA) is 25.8 Å². The maximum atomic E-state index is 5.11. The minimum absolute atomic E-state index is 0.268. The molecule has 0 atom stereocenters. The molecule has 0 bridgehead atoms. The second-order valence-corrected chi connectivity index (χ2v) is 9.26. The van der Waals surface area contributed by atoms with Gasteiger partial charge in [-0.1, -0.05) is 0 Å². The van der Waals surface area contributed by atoms with Crippen molar-refractivity contribution in [3.05, 3.63) is 97.1 Å². The van der Waals surface area contributed by atoms with Crippen LogP contribution in [0, 0.1) is 0 Å². The molecule has 0 saturated heterocycles. The molecule has 0 N–H and O–H groups in total. The van der Waals surface area contributed by atoms with Gasteiger partial charge in [0.2, 0.25) is 0 Å². The zero-order valence-corrected chi connectivity index (χ0v) is 17.3. The molecule has 6 rings (SSSR count). The summed E-state index contributed by atoms with van der Waals surface area (Å²) in [6.07, 6.45) is 0. The number of fused-ring (bicyclic) bond motifs is 4. The Hall–Kier alpha value is -3.26. The van der Waals surface area contributed by atoms with E-state index in [9.17, 15) is 0 Å². The van der Waals surface area contributed by atoms with Crippen LogP contribution in [0.4, 0.5) is 0 Å². The molecular formula is C26H16N2Se. The summed E-state index contributed by atoms with van der Waals surface area (Å²) in [5.41, 5.74) is 6.09. The van der Waals surface area contributed by atoms with Gasteiger partial charge in [-0.3, -0.25) is 0 Å². The number of hydrogen-bond acceptors (Lipinski definition) is 2. The van der Waals surface area contributed by atoms with E-state index in [1.807, 2.05) is 30.3 Å². The summed E-state index contributed by atoms with van der Waals surface area (Å²) in [6, 6.07) is 33.9. The molecular weight excluding hydrogens is 419 g/mol. The minimum atomic E-state index is 0.268. The Morgan fingerprint density at radius 2 is 1.17 bits per heavy atom. The van der Waals surface area contributed by atoms with Crippen molar-refractivity contribution in [2.75, 3.05) is 0 Å². The van der Waals surface area contributed by atoms with E-state index in [0.717, 1.165) is 28.0 Å². The zero-order valence-electron chi connectivity index (χ0n) is 15.5. The van der Waals surface area contributed by atoms with Gasteiger partial charge in [0.25, 0.3) is 0 Å². The Balaban J connectivity index is 1.73. The second kappa shape index (κ2) is 6.66. The van der Waals surface area contributed by atoms with Crippen LogP contribution in [0.2, 0.25) is 0 Å². The first kappa shape index (κ1) is 16.7. The van der Waals surface area contributed by atoms with E-state index in [0.29, 0.717) is 0 Å². The van der Waals surface area contributed by atoms with Gasteiger partial charge >= 0.3 is 174 Å². The van der Waals surface area contributed by atoms with Crippen molar-refractivity contribution in [3.63, 3.8) is 0 Å². The van der Waals surface area contributed by atoms with Crippen LogP contribution < -0.4 is 0 Å². The van der Waals surface area contributed by atoms with E-state index in [2.05, 4.69) is 66.7 Å². The number of benzene rings is 4. The average Bonchev–Trinajstić information content (AvgIpc) is 3.18. The van der Waals surface area contributed by atoms with Gasteiger partial charge in [0, 0.05) is 0 Å². The van der Waals surface area contributed by atoms with Crippen LogP contribution in [-0.2, 0) is 0 Å². The Bertz CT molecular complexity index is 1500. The van der Waals surface area contributed by atoms with Crippen LogP contribution in [-0.4, -0.2) is 24.5 Å². The van der Waals surface area contributed by atoms with Gasteiger partial charge < -0.3 is 0 Å². The Morgan fingerprint density at radius 1 is 0.517 bits per heavy atom. The SMILES string of the molecule is c1ccc(-c2nc3ccccc3nc2-c2cccc3c2[se]c2ccccc23)cc1. The molecule has 0 spiro atoms. The molecule has 0 aliphatic carbocycles. The summed E-state index contributed by atoms with van der Waals surface area (Å²) in [5, 5.41) is 2.70.